The van der Waals surface area contributed by atoms with Crippen LogP contribution in [-0.4, -0.2) is 48.9 Å². The van der Waals surface area contributed by atoms with Crippen LogP contribution in [0.3, 0.4) is 0 Å². The standard InChI is InChI=1S/C13H16F3NO3/c1-20-8-10-2-4-11(5-3-10)12(19)17(6-7-18)9-13(14,15)16/h2-5,18H,6-9H2,1H3. The van der Waals surface area contributed by atoms with E-state index in [1.165, 1.54) is 19.2 Å². The van der Waals surface area contributed by atoms with E-state index in [9.17, 15) is 18.0 Å². The average molecular weight is 291 g/mol. The van der Waals surface area contributed by atoms with Gasteiger partial charge >= 0.3 is 6.18 Å². The van der Waals surface area contributed by atoms with Crippen molar-refractivity contribution in [1.82, 2.24) is 4.90 Å². The molecule has 1 aromatic rings. The van der Waals surface area contributed by atoms with Gasteiger partial charge in [-0.05, 0) is 17.7 Å². The van der Waals surface area contributed by atoms with E-state index in [1.54, 1.807) is 12.1 Å². The van der Waals surface area contributed by atoms with Crippen molar-refractivity contribution in [3.63, 3.8) is 0 Å². The van der Waals surface area contributed by atoms with Crippen LogP contribution >= 0.6 is 0 Å². The van der Waals surface area contributed by atoms with Crippen LogP contribution in [0.25, 0.3) is 0 Å². The fraction of sp³-hybridized carbons (Fsp3) is 0.462. The summed E-state index contributed by atoms with van der Waals surface area (Å²) in [6.45, 7) is -1.91. The number of benzene rings is 1. The smallest absolute Gasteiger partial charge is 0.395 e. The van der Waals surface area contributed by atoms with Gasteiger partial charge in [-0.1, -0.05) is 12.1 Å². The van der Waals surface area contributed by atoms with Crippen LogP contribution in [0.2, 0.25) is 0 Å². The number of carbonyl (C=O) groups is 1. The lowest BCUT2D eigenvalue weighted by atomic mass is 10.1. The van der Waals surface area contributed by atoms with Gasteiger partial charge in [-0.2, -0.15) is 13.2 Å². The maximum Gasteiger partial charge on any atom is 0.406 e. The number of carbonyl (C=O) groups excluding carboxylic acids is 1. The lowest BCUT2D eigenvalue weighted by Gasteiger charge is -2.23. The minimum atomic E-state index is -4.50. The van der Waals surface area contributed by atoms with E-state index in [-0.39, 0.29) is 12.1 Å². The number of aliphatic hydroxyl groups is 1. The number of hydrogen-bond acceptors (Lipinski definition) is 3. The second kappa shape index (κ2) is 7.25. The van der Waals surface area contributed by atoms with Crippen molar-refractivity contribution in [2.45, 2.75) is 12.8 Å². The number of alkyl halides is 3. The molecule has 4 nitrogen and oxygen atoms in total. The predicted octanol–water partition coefficient (Wildman–Crippen LogP) is 1.83. The van der Waals surface area contributed by atoms with Gasteiger partial charge in [-0.3, -0.25) is 4.79 Å². The highest BCUT2D eigenvalue weighted by Gasteiger charge is 2.33. The number of hydrogen-bond donors (Lipinski definition) is 1. The van der Waals surface area contributed by atoms with Crippen LogP contribution in [0.15, 0.2) is 24.3 Å². The van der Waals surface area contributed by atoms with Gasteiger partial charge in [0.05, 0.1) is 13.2 Å². The van der Waals surface area contributed by atoms with Crippen molar-refractivity contribution < 1.29 is 27.8 Å². The summed E-state index contributed by atoms with van der Waals surface area (Å²) in [5, 5.41) is 8.77. The fourth-order valence-electron chi connectivity index (χ4n) is 1.68. The summed E-state index contributed by atoms with van der Waals surface area (Å²) in [7, 11) is 1.52. The molecular formula is C13H16F3NO3. The Morgan fingerprint density at radius 2 is 1.90 bits per heavy atom. The minimum absolute atomic E-state index is 0.141. The second-order valence-corrected chi connectivity index (χ2v) is 4.20. The van der Waals surface area contributed by atoms with E-state index >= 15 is 0 Å². The van der Waals surface area contributed by atoms with Gasteiger partial charge in [0.15, 0.2) is 0 Å². The first-order chi connectivity index (χ1) is 9.37. The van der Waals surface area contributed by atoms with Crippen LogP contribution in [-0.2, 0) is 11.3 Å². The number of rotatable bonds is 6. The molecule has 0 saturated carbocycles. The number of ether oxygens (including phenoxy) is 1. The van der Waals surface area contributed by atoms with Crippen LogP contribution in [0.1, 0.15) is 15.9 Å². The molecule has 0 spiro atoms. The minimum Gasteiger partial charge on any atom is -0.395 e. The first kappa shape index (κ1) is 16.5. The van der Waals surface area contributed by atoms with Crippen LogP contribution in [0.5, 0.6) is 0 Å². The number of methoxy groups -OCH3 is 1. The maximum absolute atomic E-state index is 12.4. The monoisotopic (exact) mass is 291 g/mol. The first-order valence-electron chi connectivity index (χ1n) is 5.92. The Bertz CT molecular complexity index is 431. The topological polar surface area (TPSA) is 49.8 Å². The van der Waals surface area contributed by atoms with Gasteiger partial charge in [-0.25, -0.2) is 0 Å². The van der Waals surface area contributed by atoms with E-state index in [4.69, 9.17) is 9.84 Å². The van der Waals surface area contributed by atoms with Gasteiger partial charge in [-0.15, -0.1) is 0 Å². The Labute approximate surface area is 114 Å². The number of amides is 1. The third kappa shape index (κ3) is 5.18. The highest BCUT2D eigenvalue weighted by molar-refractivity contribution is 5.94. The molecule has 0 aliphatic heterocycles. The van der Waals surface area contributed by atoms with Crippen molar-refractivity contribution in [3.05, 3.63) is 35.4 Å². The SMILES string of the molecule is COCc1ccc(C(=O)N(CCO)CC(F)(F)F)cc1. The van der Waals surface area contributed by atoms with E-state index in [0.29, 0.717) is 11.5 Å². The largest absolute Gasteiger partial charge is 0.406 e. The highest BCUT2D eigenvalue weighted by atomic mass is 19.4. The molecule has 0 atom stereocenters. The first-order valence-corrected chi connectivity index (χ1v) is 5.92. The molecule has 0 radical (unpaired) electrons. The summed E-state index contributed by atoms with van der Waals surface area (Å²) in [6.07, 6.45) is -4.50. The molecule has 0 saturated heterocycles. The molecule has 1 aromatic carbocycles. The zero-order chi connectivity index (χ0) is 15.2. The molecule has 0 aliphatic carbocycles. The molecule has 7 heteroatoms. The molecule has 1 N–H and O–H groups in total. The predicted molar refractivity (Wildman–Crippen MR) is 66.2 cm³/mol. The van der Waals surface area contributed by atoms with Crippen molar-refractivity contribution in [2.75, 3.05) is 26.8 Å². The molecule has 0 unspecified atom stereocenters. The van der Waals surface area contributed by atoms with Crippen molar-refractivity contribution in [2.24, 2.45) is 0 Å². The fourth-order valence-corrected chi connectivity index (χ4v) is 1.68. The summed E-state index contributed by atoms with van der Waals surface area (Å²) in [6, 6.07) is 6.11. The lowest BCUT2D eigenvalue weighted by molar-refractivity contribution is -0.141. The van der Waals surface area contributed by atoms with Gasteiger partial charge < -0.3 is 14.7 Å². The molecule has 0 aliphatic rings. The third-order valence-electron chi connectivity index (χ3n) is 2.54. The molecule has 1 amide bonds. The van der Waals surface area contributed by atoms with Gasteiger partial charge in [0.2, 0.25) is 0 Å². The molecule has 112 valence electrons. The zero-order valence-corrected chi connectivity index (χ0v) is 11.0. The lowest BCUT2D eigenvalue weighted by Crippen LogP contribution is -2.40. The zero-order valence-electron chi connectivity index (χ0n) is 11.0. The summed E-state index contributed by atoms with van der Waals surface area (Å²) >= 11 is 0. The Morgan fingerprint density at radius 3 is 2.35 bits per heavy atom. The summed E-state index contributed by atoms with van der Waals surface area (Å²) < 4.78 is 42.0. The van der Waals surface area contributed by atoms with Crippen LogP contribution in [0, 0.1) is 0 Å². The maximum atomic E-state index is 12.4. The Balaban J connectivity index is 2.83. The van der Waals surface area contributed by atoms with E-state index in [2.05, 4.69) is 0 Å². The molecule has 1 rings (SSSR count). The van der Waals surface area contributed by atoms with Crippen LogP contribution in [0.4, 0.5) is 13.2 Å². The van der Waals surface area contributed by atoms with Gasteiger partial charge in [0, 0.05) is 19.2 Å². The van der Waals surface area contributed by atoms with Crippen molar-refractivity contribution in [3.8, 4) is 0 Å². The molecule has 0 heterocycles. The molecular weight excluding hydrogens is 275 g/mol. The quantitative estimate of drug-likeness (QED) is 0.870. The Kier molecular flexibility index (Phi) is 5.97. The summed E-state index contributed by atoms with van der Waals surface area (Å²) in [5.74, 6) is -0.764. The van der Waals surface area contributed by atoms with Crippen LogP contribution < -0.4 is 0 Å². The van der Waals surface area contributed by atoms with Crippen molar-refractivity contribution in [1.29, 1.82) is 0 Å². The van der Waals surface area contributed by atoms with Gasteiger partial charge in [0.1, 0.15) is 6.54 Å². The Hall–Kier alpha value is -1.60. The Morgan fingerprint density at radius 1 is 1.30 bits per heavy atom. The molecule has 0 aromatic heterocycles. The van der Waals surface area contributed by atoms with Crippen molar-refractivity contribution >= 4 is 5.91 Å². The molecule has 0 bridgehead atoms. The third-order valence-corrected chi connectivity index (χ3v) is 2.54. The summed E-state index contributed by atoms with van der Waals surface area (Å²) in [5.41, 5.74) is 0.955. The molecule has 0 fully saturated rings. The molecule has 20 heavy (non-hydrogen) atoms. The average Bonchev–Trinajstić information content (AvgIpc) is 2.37. The van der Waals surface area contributed by atoms with E-state index in [1.807, 2.05) is 0 Å². The van der Waals surface area contributed by atoms with E-state index in [0.717, 1.165) is 5.56 Å². The van der Waals surface area contributed by atoms with E-state index < -0.39 is 25.2 Å². The number of aliphatic hydroxyl groups excluding tert-OH is 1. The highest BCUT2D eigenvalue weighted by Crippen LogP contribution is 2.18. The summed E-state index contributed by atoms with van der Waals surface area (Å²) in [4.78, 5) is 12.5. The number of halogens is 3. The number of nitrogens with zero attached hydrogens (tertiary/aromatic N) is 1. The normalized spacial score (nSPS) is 11.4. The van der Waals surface area contributed by atoms with Gasteiger partial charge in [0.25, 0.3) is 5.91 Å². The second-order valence-electron chi connectivity index (χ2n) is 4.20.